The number of thiophene rings is 1. The topological polar surface area (TPSA) is 89.3 Å². The third-order valence-electron chi connectivity index (χ3n) is 2.53. The smallest absolute Gasteiger partial charge is 0.273 e. The summed E-state index contributed by atoms with van der Waals surface area (Å²) in [4.78, 5) is 10.6. The van der Waals surface area contributed by atoms with Crippen molar-refractivity contribution < 1.29 is 17.7 Å². The molecule has 21 heavy (non-hydrogen) atoms. The van der Waals surface area contributed by atoms with Gasteiger partial charge in [-0.25, -0.2) is 12.8 Å². The molecule has 1 aromatic heterocycles. The minimum absolute atomic E-state index is 0.0120. The van der Waals surface area contributed by atoms with E-state index in [1.54, 1.807) is 6.92 Å². The van der Waals surface area contributed by atoms with E-state index in [-0.39, 0.29) is 10.6 Å². The highest BCUT2D eigenvalue weighted by Crippen LogP contribution is 2.32. The van der Waals surface area contributed by atoms with Crippen molar-refractivity contribution in [2.45, 2.75) is 11.8 Å². The van der Waals surface area contributed by atoms with Crippen LogP contribution in [0.15, 0.2) is 32.9 Å². The highest BCUT2D eigenvalue weighted by Gasteiger charge is 2.24. The molecule has 0 saturated heterocycles. The summed E-state index contributed by atoms with van der Waals surface area (Å²) in [5.41, 5.74) is -0.936. The van der Waals surface area contributed by atoms with E-state index in [1.165, 1.54) is 17.4 Å². The molecule has 112 valence electrons. The quantitative estimate of drug-likeness (QED) is 0.632. The summed E-state index contributed by atoms with van der Waals surface area (Å²) in [7, 11) is -3.99. The number of hydrogen-bond acceptors (Lipinski definition) is 5. The number of rotatable bonds is 4. The van der Waals surface area contributed by atoms with E-state index in [9.17, 15) is 22.9 Å². The number of nitrogens with one attached hydrogen (secondary N) is 1. The van der Waals surface area contributed by atoms with E-state index in [0.29, 0.717) is 14.7 Å². The van der Waals surface area contributed by atoms with Gasteiger partial charge in [0, 0.05) is 4.88 Å². The molecule has 0 radical (unpaired) electrons. The van der Waals surface area contributed by atoms with Crippen LogP contribution < -0.4 is 4.72 Å². The largest absolute Gasteiger partial charge is 0.296 e. The first kappa shape index (κ1) is 15.9. The number of aryl methyl sites for hydroxylation is 1. The molecule has 10 heteroatoms. The molecular weight excluding hydrogens is 387 g/mol. The van der Waals surface area contributed by atoms with E-state index in [2.05, 4.69) is 20.7 Å². The van der Waals surface area contributed by atoms with Gasteiger partial charge in [-0.05, 0) is 41.1 Å². The predicted molar refractivity (Wildman–Crippen MR) is 80.6 cm³/mol. The molecule has 0 unspecified atom stereocenters. The fraction of sp³-hybridized carbons (Fsp3) is 0.0909. The second kappa shape index (κ2) is 5.70. The average Bonchev–Trinajstić information content (AvgIpc) is 2.71. The van der Waals surface area contributed by atoms with Gasteiger partial charge in [0.05, 0.1) is 14.8 Å². The standard InChI is InChI=1S/C11H8BrFN2O4S2/c1-6-10(5-11(12)20-6)21(18,19)14-8-3-2-7(13)4-9(8)15(16)17/h2-5,14H,1H3. The summed E-state index contributed by atoms with van der Waals surface area (Å²) in [6.45, 7) is 1.61. The molecule has 0 saturated carbocycles. The normalized spacial score (nSPS) is 11.4. The lowest BCUT2D eigenvalue weighted by Crippen LogP contribution is -2.14. The van der Waals surface area contributed by atoms with Crippen molar-refractivity contribution in [3.8, 4) is 0 Å². The third-order valence-corrected chi connectivity index (χ3v) is 5.71. The summed E-state index contributed by atoms with van der Waals surface area (Å²) in [5, 5.41) is 10.9. The summed E-state index contributed by atoms with van der Waals surface area (Å²) >= 11 is 4.40. The Morgan fingerprint density at radius 1 is 1.38 bits per heavy atom. The minimum Gasteiger partial charge on any atom is -0.273 e. The molecule has 0 fully saturated rings. The molecule has 0 bridgehead atoms. The number of nitro benzene ring substituents is 1. The first-order valence-corrected chi connectivity index (χ1v) is 8.52. The number of halogens is 2. The van der Waals surface area contributed by atoms with Crippen LogP contribution in [0.5, 0.6) is 0 Å². The Labute approximate surface area is 131 Å². The van der Waals surface area contributed by atoms with Crippen LogP contribution >= 0.6 is 27.3 Å². The number of hydrogen-bond donors (Lipinski definition) is 1. The van der Waals surface area contributed by atoms with Crippen LogP contribution in [-0.2, 0) is 10.0 Å². The van der Waals surface area contributed by atoms with E-state index < -0.39 is 26.5 Å². The van der Waals surface area contributed by atoms with Crippen LogP contribution in [0.4, 0.5) is 15.8 Å². The minimum atomic E-state index is -3.99. The number of nitrogens with zero attached hydrogens (tertiary/aromatic N) is 1. The molecule has 0 spiro atoms. The van der Waals surface area contributed by atoms with Crippen molar-refractivity contribution in [3.63, 3.8) is 0 Å². The van der Waals surface area contributed by atoms with E-state index in [1.807, 2.05) is 0 Å². The lowest BCUT2D eigenvalue weighted by Gasteiger charge is -2.08. The van der Waals surface area contributed by atoms with E-state index >= 15 is 0 Å². The molecule has 1 N–H and O–H groups in total. The molecule has 2 rings (SSSR count). The highest BCUT2D eigenvalue weighted by atomic mass is 79.9. The first-order valence-electron chi connectivity index (χ1n) is 5.43. The molecule has 1 heterocycles. The van der Waals surface area contributed by atoms with Crippen LogP contribution in [0.2, 0.25) is 0 Å². The maximum absolute atomic E-state index is 13.0. The second-order valence-electron chi connectivity index (χ2n) is 4.00. The number of benzene rings is 1. The predicted octanol–water partition coefficient (Wildman–Crippen LogP) is 3.67. The molecule has 0 aliphatic carbocycles. The zero-order valence-electron chi connectivity index (χ0n) is 10.5. The lowest BCUT2D eigenvalue weighted by molar-refractivity contribution is -0.384. The van der Waals surface area contributed by atoms with Gasteiger partial charge < -0.3 is 0 Å². The van der Waals surface area contributed by atoms with Crippen LogP contribution in [-0.4, -0.2) is 13.3 Å². The fourth-order valence-electron chi connectivity index (χ4n) is 1.64. The van der Waals surface area contributed by atoms with Gasteiger partial charge in [-0.2, -0.15) is 0 Å². The molecular formula is C11H8BrFN2O4S2. The lowest BCUT2D eigenvalue weighted by atomic mass is 10.3. The average molecular weight is 395 g/mol. The Bertz CT molecular complexity index is 820. The van der Waals surface area contributed by atoms with Gasteiger partial charge in [0.1, 0.15) is 16.4 Å². The van der Waals surface area contributed by atoms with Gasteiger partial charge in [-0.15, -0.1) is 11.3 Å². The van der Waals surface area contributed by atoms with Gasteiger partial charge >= 0.3 is 0 Å². The van der Waals surface area contributed by atoms with Crippen molar-refractivity contribution in [1.82, 2.24) is 0 Å². The third kappa shape index (κ3) is 3.39. The van der Waals surface area contributed by atoms with Crippen LogP contribution in [0.3, 0.4) is 0 Å². The van der Waals surface area contributed by atoms with Crippen LogP contribution in [0.1, 0.15) is 4.88 Å². The monoisotopic (exact) mass is 394 g/mol. The molecule has 1 aromatic carbocycles. The zero-order chi connectivity index (χ0) is 15.8. The van der Waals surface area contributed by atoms with Gasteiger partial charge in [-0.1, -0.05) is 0 Å². The summed E-state index contributed by atoms with van der Waals surface area (Å²) in [6, 6.07) is 4.02. The molecule has 2 aromatic rings. The Balaban J connectivity index is 2.47. The SMILES string of the molecule is Cc1sc(Br)cc1S(=O)(=O)Nc1ccc(F)cc1[N+](=O)[O-]. The maximum atomic E-state index is 13.0. The zero-order valence-corrected chi connectivity index (χ0v) is 13.7. The second-order valence-corrected chi connectivity index (χ2v) is 8.28. The van der Waals surface area contributed by atoms with E-state index in [4.69, 9.17) is 0 Å². The molecule has 0 amide bonds. The summed E-state index contributed by atoms with van der Waals surface area (Å²) in [6.07, 6.45) is 0. The highest BCUT2D eigenvalue weighted by molar-refractivity contribution is 9.11. The van der Waals surface area contributed by atoms with Crippen LogP contribution in [0, 0.1) is 22.9 Å². The Morgan fingerprint density at radius 3 is 2.57 bits per heavy atom. The summed E-state index contributed by atoms with van der Waals surface area (Å²) in [5.74, 6) is -0.820. The van der Waals surface area contributed by atoms with Crippen molar-refractivity contribution in [3.05, 3.63) is 48.9 Å². The van der Waals surface area contributed by atoms with Crippen molar-refractivity contribution >= 4 is 48.7 Å². The molecule has 0 aliphatic heterocycles. The van der Waals surface area contributed by atoms with E-state index in [0.717, 1.165) is 12.1 Å². The molecule has 0 aliphatic rings. The molecule has 0 atom stereocenters. The Hall–Kier alpha value is -1.52. The number of anilines is 1. The van der Waals surface area contributed by atoms with Gasteiger partial charge in [0.25, 0.3) is 15.7 Å². The number of nitro groups is 1. The molecule has 6 nitrogen and oxygen atoms in total. The first-order chi connectivity index (χ1) is 9.70. The van der Waals surface area contributed by atoms with Gasteiger partial charge in [-0.3, -0.25) is 14.8 Å². The Morgan fingerprint density at radius 2 is 2.05 bits per heavy atom. The van der Waals surface area contributed by atoms with Crippen molar-refractivity contribution in [1.29, 1.82) is 0 Å². The summed E-state index contributed by atoms with van der Waals surface area (Å²) < 4.78 is 40.3. The van der Waals surface area contributed by atoms with Crippen LogP contribution in [0.25, 0.3) is 0 Å². The Kier molecular flexibility index (Phi) is 4.30. The maximum Gasteiger partial charge on any atom is 0.296 e. The van der Waals surface area contributed by atoms with Crippen molar-refractivity contribution in [2.24, 2.45) is 0 Å². The van der Waals surface area contributed by atoms with Gasteiger partial charge in [0.2, 0.25) is 0 Å². The van der Waals surface area contributed by atoms with Gasteiger partial charge in [0.15, 0.2) is 0 Å². The fourth-order valence-corrected chi connectivity index (χ4v) is 5.13. The number of sulfonamides is 1. The van der Waals surface area contributed by atoms with Crippen molar-refractivity contribution in [2.75, 3.05) is 4.72 Å².